The first kappa shape index (κ1) is 14.5. The first-order valence-corrected chi connectivity index (χ1v) is 7.13. The number of hydrogen-bond acceptors (Lipinski definition) is 6. The van der Waals surface area contributed by atoms with Crippen molar-refractivity contribution in [3.63, 3.8) is 0 Å². The predicted octanol–water partition coefficient (Wildman–Crippen LogP) is 1.22. The molecule has 0 N–H and O–H groups in total. The summed E-state index contributed by atoms with van der Waals surface area (Å²) in [6.07, 6.45) is 2.24. The molecule has 0 aliphatic carbocycles. The van der Waals surface area contributed by atoms with Gasteiger partial charge >= 0.3 is 11.2 Å². The van der Waals surface area contributed by atoms with Crippen molar-refractivity contribution in [2.24, 2.45) is 0 Å². The van der Waals surface area contributed by atoms with Gasteiger partial charge in [-0.2, -0.15) is 0 Å². The zero-order valence-electron chi connectivity index (χ0n) is 12.1. The third-order valence-electron chi connectivity index (χ3n) is 3.85. The second-order valence-electron chi connectivity index (χ2n) is 5.11. The van der Waals surface area contributed by atoms with Crippen LogP contribution >= 0.6 is 0 Å². The molecule has 1 atom stereocenters. The van der Waals surface area contributed by atoms with Crippen LogP contribution in [0.5, 0.6) is 0 Å². The molecule has 0 saturated carbocycles. The van der Waals surface area contributed by atoms with E-state index in [1.807, 2.05) is 11.8 Å². The van der Waals surface area contributed by atoms with Crippen LogP contribution in [0.2, 0.25) is 0 Å². The molecular formula is C14H16N4O4. The Morgan fingerprint density at radius 1 is 1.50 bits per heavy atom. The number of aromatic nitrogens is 2. The van der Waals surface area contributed by atoms with E-state index in [1.165, 1.54) is 10.6 Å². The van der Waals surface area contributed by atoms with Crippen LogP contribution in [0, 0.1) is 10.1 Å². The molecule has 3 rings (SSSR count). The Hall–Kier alpha value is -2.48. The average molecular weight is 304 g/mol. The van der Waals surface area contributed by atoms with Gasteiger partial charge in [0, 0.05) is 12.7 Å². The molecule has 2 aromatic heterocycles. The van der Waals surface area contributed by atoms with Crippen molar-refractivity contribution >= 4 is 17.2 Å². The van der Waals surface area contributed by atoms with Gasteiger partial charge in [0.15, 0.2) is 0 Å². The molecule has 0 amide bonds. The summed E-state index contributed by atoms with van der Waals surface area (Å²) < 4.78 is 6.62. The molecule has 1 aliphatic heterocycles. The molecule has 3 heterocycles. The van der Waals surface area contributed by atoms with Crippen LogP contribution in [-0.2, 0) is 4.74 Å². The topological polar surface area (TPSA) is 90.0 Å². The van der Waals surface area contributed by atoms with E-state index in [1.54, 1.807) is 18.2 Å². The van der Waals surface area contributed by atoms with Gasteiger partial charge in [0.2, 0.25) is 5.82 Å². The lowest BCUT2D eigenvalue weighted by Crippen LogP contribution is -2.46. The summed E-state index contributed by atoms with van der Waals surface area (Å²) in [6.45, 7) is 3.40. The van der Waals surface area contributed by atoms with Crippen LogP contribution in [-0.4, -0.2) is 40.1 Å². The lowest BCUT2D eigenvalue weighted by atomic mass is 10.1. The minimum absolute atomic E-state index is 0.0227. The number of pyridine rings is 1. The normalized spacial score (nSPS) is 18.6. The number of rotatable bonds is 3. The molecule has 116 valence electrons. The van der Waals surface area contributed by atoms with Crippen LogP contribution in [0.4, 0.5) is 11.5 Å². The Labute approximate surface area is 126 Å². The fraction of sp³-hybridized carbons (Fsp3) is 0.429. The van der Waals surface area contributed by atoms with Crippen molar-refractivity contribution in [3.8, 4) is 0 Å². The summed E-state index contributed by atoms with van der Waals surface area (Å²) in [4.78, 5) is 29.4. The second kappa shape index (κ2) is 5.72. The summed E-state index contributed by atoms with van der Waals surface area (Å²) in [6, 6.07) is 5.03. The zero-order valence-corrected chi connectivity index (χ0v) is 12.1. The highest BCUT2D eigenvalue weighted by atomic mass is 16.6. The van der Waals surface area contributed by atoms with Gasteiger partial charge in [-0.25, -0.2) is 4.98 Å². The standard InChI is InChI=1S/C14H16N4O4/c1-2-10-9-22-8-7-16(10)13-12(18(20)21)14(19)17-6-4-3-5-11(17)15-13/h3-6,10H,2,7-9H2,1H3. The second-order valence-corrected chi connectivity index (χ2v) is 5.11. The average Bonchev–Trinajstić information content (AvgIpc) is 2.54. The minimum Gasteiger partial charge on any atom is -0.377 e. The smallest absolute Gasteiger partial charge is 0.376 e. The number of morpholine rings is 1. The first-order valence-electron chi connectivity index (χ1n) is 7.13. The van der Waals surface area contributed by atoms with Crippen LogP contribution in [0.25, 0.3) is 5.65 Å². The van der Waals surface area contributed by atoms with Crippen molar-refractivity contribution in [1.82, 2.24) is 9.38 Å². The molecular weight excluding hydrogens is 288 g/mol. The van der Waals surface area contributed by atoms with E-state index in [0.717, 1.165) is 6.42 Å². The number of nitro groups is 1. The van der Waals surface area contributed by atoms with Gasteiger partial charge in [-0.15, -0.1) is 0 Å². The number of nitrogens with zero attached hydrogens (tertiary/aromatic N) is 4. The fourth-order valence-corrected chi connectivity index (χ4v) is 2.70. The van der Waals surface area contributed by atoms with E-state index in [-0.39, 0.29) is 11.9 Å². The molecule has 1 unspecified atom stereocenters. The number of anilines is 1. The number of hydrogen-bond donors (Lipinski definition) is 0. The van der Waals surface area contributed by atoms with E-state index in [0.29, 0.717) is 25.4 Å². The van der Waals surface area contributed by atoms with Gasteiger partial charge in [-0.3, -0.25) is 19.3 Å². The largest absolute Gasteiger partial charge is 0.377 e. The van der Waals surface area contributed by atoms with E-state index in [2.05, 4.69) is 4.98 Å². The summed E-state index contributed by atoms with van der Waals surface area (Å²) >= 11 is 0. The molecule has 8 heteroatoms. The van der Waals surface area contributed by atoms with Crippen LogP contribution in [0.1, 0.15) is 13.3 Å². The van der Waals surface area contributed by atoms with E-state index < -0.39 is 16.2 Å². The van der Waals surface area contributed by atoms with Gasteiger partial charge in [-0.1, -0.05) is 13.0 Å². The van der Waals surface area contributed by atoms with Gasteiger partial charge in [0.25, 0.3) is 0 Å². The summed E-state index contributed by atoms with van der Waals surface area (Å²) in [7, 11) is 0. The highest BCUT2D eigenvalue weighted by molar-refractivity contribution is 5.62. The predicted molar refractivity (Wildman–Crippen MR) is 80.4 cm³/mol. The monoisotopic (exact) mass is 304 g/mol. The molecule has 2 aromatic rings. The van der Waals surface area contributed by atoms with Crippen molar-refractivity contribution in [3.05, 3.63) is 44.9 Å². The summed E-state index contributed by atoms with van der Waals surface area (Å²) in [5.74, 6) is 0.136. The van der Waals surface area contributed by atoms with E-state index in [9.17, 15) is 14.9 Å². The molecule has 0 radical (unpaired) electrons. The van der Waals surface area contributed by atoms with Gasteiger partial charge in [0.05, 0.1) is 24.2 Å². The summed E-state index contributed by atoms with van der Waals surface area (Å²) in [5, 5.41) is 11.4. The number of fused-ring (bicyclic) bond motifs is 1. The Balaban J connectivity index is 2.25. The molecule has 1 aliphatic rings. The van der Waals surface area contributed by atoms with Gasteiger partial charge < -0.3 is 9.64 Å². The van der Waals surface area contributed by atoms with Crippen molar-refractivity contribution in [2.75, 3.05) is 24.7 Å². The molecule has 22 heavy (non-hydrogen) atoms. The fourth-order valence-electron chi connectivity index (χ4n) is 2.70. The maximum atomic E-state index is 12.5. The Bertz CT molecular complexity index is 773. The van der Waals surface area contributed by atoms with Crippen molar-refractivity contribution in [1.29, 1.82) is 0 Å². The van der Waals surface area contributed by atoms with E-state index >= 15 is 0 Å². The molecule has 1 saturated heterocycles. The lowest BCUT2D eigenvalue weighted by molar-refractivity contribution is -0.385. The van der Waals surface area contributed by atoms with E-state index in [4.69, 9.17) is 4.74 Å². The third-order valence-corrected chi connectivity index (χ3v) is 3.85. The highest BCUT2D eigenvalue weighted by Crippen LogP contribution is 2.27. The third kappa shape index (κ3) is 2.31. The number of ether oxygens (including phenoxy) is 1. The molecule has 0 spiro atoms. The van der Waals surface area contributed by atoms with Gasteiger partial charge in [-0.05, 0) is 18.6 Å². The van der Waals surface area contributed by atoms with Crippen LogP contribution in [0.15, 0.2) is 29.2 Å². The van der Waals surface area contributed by atoms with Crippen molar-refractivity contribution < 1.29 is 9.66 Å². The lowest BCUT2D eigenvalue weighted by Gasteiger charge is -2.35. The molecule has 0 bridgehead atoms. The molecule has 1 fully saturated rings. The zero-order chi connectivity index (χ0) is 15.7. The SMILES string of the molecule is CCC1COCCN1c1nc2ccccn2c(=O)c1[N+](=O)[O-]. The minimum atomic E-state index is -0.660. The Kier molecular flexibility index (Phi) is 3.76. The maximum absolute atomic E-state index is 12.5. The van der Waals surface area contributed by atoms with Crippen LogP contribution < -0.4 is 10.5 Å². The van der Waals surface area contributed by atoms with Crippen LogP contribution in [0.3, 0.4) is 0 Å². The maximum Gasteiger partial charge on any atom is 0.376 e. The Morgan fingerprint density at radius 3 is 3.05 bits per heavy atom. The highest BCUT2D eigenvalue weighted by Gasteiger charge is 2.32. The Morgan fingerprint density at radius 2 is 2.32 bits per heavy atom. The first-order chi connectivity index (χ1) is 10.6. The molecule has 0 aromatic carbocycles. The molecule has 8 nitrogen and oxygen atoms in total. The summed E-state index contributed by atoms with van der Waals surface area (Å²) in [5.41, 5.74) is -0.745. The quantitative estimate of drug-likeness (QED) is 0.625. The van der Waals surface area contributed by atoms with Gasteiger partial charge in [0.1, 0.15) is 5.65 Å². The van der Waals surface area contributed by atoms with Crippen molar-refractivity contribution in [2.45, 2.75) is 19.4 Å².